The zero-order chi connectivity index (χ0) is 18.7. The topological polar surface area (TPSA) is 78.6 Å². The monoisotopic (exact) mass is 353 g/mol. The van der Waals surface area contributed by atoms with Gasteiger partial charge in [-0.15, -0.1) is 0 Å². The molecule has 0 aliphatic carbocycles. The average Bonchev–Trinajstić information content (AvgIpc) is 2.66. The van der Waals surface area contributed by atoms with Gasteiger partial charge in [0.05, 0.1) is 19.6 Å². The first kappa shape index (κ1) is 17.7. The molecule has 6 nitrogen and oxygen atoms in total. The Labute approximate surface area is 150 Å². The highest BCUT2D eigenvalue weighted by molar-refractivity contribution is 6.18. The summed E-state index contributed by atoms with van der Waals surface area (Å²) >= 11 is 0. The summed E-state index contributed by atoms with van der Waals surface area (Å²) < 4.78 is 16.3. The molecule has 0 fully saturated rings. The lowest BCUT2D eigenvalue weighted by molar-refractivity contribution is 0.103. The molecule has 26 heavy (non-hydrogen) atoms. The van der Waals surface area contributed by atoms with Gasteiger partial charge in [-0.25, -0.2) is 4.79 Å². The minimum Gasteiger partial charge on any atom is -0.496 e. The Balaban J connectivity index is 2.41. The second-order valence-electron chi connectivity index (χ2n) is 5.77. The molecule has 0 aliphatic rings. The SMILES string of the molecule is CCCc1cc(=O)oc2c(C(=O)c3ccncc3)c(OC)cc(OC)c12. The average molecular weight is 353 g/mol. The molecule has 0 spiro atoms. The van der Waals surface area contributed by atoms with Gasteiger partial charge in [0.2, 0.25) is 5.78 Å². The van der Waals surface area contributed by atoms with Gasteiger partial charge in [0, 0.05) is 30.1 Å². The number of benzene rings is 1. The number of aromatic nitrogens is 1. The quantitative estimate of drug-likeness (QED) is 0.499. The predicted molar refractivity (Wildman–Crippen MR) is 97.3 cm³/mol. The van der Waals surface area contributed by atoms with E-state index < -0.39 is 5.63 Å². The zero-order valence-electron chi connectivity index (χ0n) is 14.9. The first-order valence-electron chi connectivity index (χ1n) is 8.27. The number of rotatable bonds is 6. The Morgan fingerprint density at radius 2 is 1.81 bits per heavy atom. The molecule has 0 radical (unpaired) electrons. The van der Waals surface area contributed by atoms with Gasteiger partial charge in [0.25, 0.3) is 0 Å². The molecule has 0 saturated heterocycles. The van der Waals surface area contributed by atoms with Crippen LogP contribution in [0.5, 0.6) is 11.5 Å². The lowest BCUT2D eigenvalue weighted by Crippen LogP contribution is -2.10. The summed E-state index contributed by atoms with van der Waals surface area (Å²) in [4.78, 5) is 29.2. The number of aryl methyl sites for hydroxylation is 1. The second-order valence-corrected chi connectivity index (χ2v) is 5.77. The third-order valence-electron chi connectivity index (χ3n) is 4.15. The third-order valence-corrected chi connectivity index (χ3v) is 4.15. The normalized spacial score (nSPS) is 10.7. The van der Waals surface area contributed by atoms with E-state index in [0.29, 0.717) is 23.1 Å². The number of ether oxygens (including phenoxy) is 2. The van der Waals surface area contributed by atoms with Gasteiger partial charge in [-0.3, -0.25) is 9.78 Å². The van der Waals surface area contributed by atoms with Gasteiger partial charge in [-0.2, -0.15) is 0 Å². The van der Waals surface area contributed by atoms with Crippen LogP contribution in [0.15, 0.2) is 45.9 Å². The van der Waals surface area contributed by atoms with Crippen molar-refractivity contribution in [1.82, 2.24) is 4.98 Å². The Morgan fingerprint density at radius 3 is 2.42 bits per heavy atom. The summed E-state index contributed by atoms with van der Waals surface area (Å²) in [6.07, 6.45) is 4.56. The van der Waals surface area contributed by atoms with Crippen LogP contribution in [-0.2, 0) is 6.42 Å². The van der Waals surface area contributed by atoms with Crippen molar-refractivity contribution in [3.05, 3.63) is 63.8 Å². The first-order valence-corrected chi connectivity index (χ1v) is 8.27. The van der Waals surface area contributed by atoms with Gasteiger partial charge in [-0.1, -0.05) is 13.3 Å². The standard InChI is InChI=1S/C20H19NO5/c1-4-5-13-10-16(22)26-20-17(13)14(24-2)11-15(25-3)18(20)19(23)12-6-8-21-9-7-12/h6-11H,4-5H2,1-3H3. The second kappa shape index (κ2) is 7.39. The number of ketones is 1. The number of nitrogens with zero attached hydrogens (tertiary/aromatic N) is 1. The van der Waals surface area contributed by atoms with E-state index in [0.717, 1.165) is 12.0 Å². The van der Waals surface area contributed by atoms with Crippen LogP contribution in [0.3, 0.4) is 0 Å². The van der Waals surface area contributed by atoms with Gasteiger partial charge < -0.3 is 13.9 Å². The Bertz CT molecular complexity index is 1010. The fourth-order valence-electron chi connectivity index (χ4n) is 3.01. The van der Waals surface area contributed by atoms with E-state index in [1.807, 2.05) is 6.92 Å². The molecule has 134 valence electrons. The van der Waals surface area contributed by atoms with Crippen molar-refractivity contribution in [2.75, 3.05) is 14.2 Å². The van der Waals surface area contributed by atoms with Crippen LogP contribution in [0, 0.1) is 0 Å². The van der Waals surface area contributed by atoms with Crippen LogP contribution in [0.25, 0.3) is 11.0 Å². The number of hydrogen-bond donors (Lipinski definition) is 0. The molecule has 0 aliphatic heterocycles. The van der Waals surface area contributed by atoms with E-state index in [1.165, 1.54) is 32.7 Å². The lowest BCUT2D eigenvalue weighted by atomic mass is 9.97. The molecule has 0 amide bonds. The molecule has 2 aromatic heterocycles. The molecule has 0 saturated carbocycles. The van der Waals surface area contributed by atoms with Crippen molar-refractivity contribution in [3.8, 4) is 11.5 Å². The van der Waals surface area contributed by atoms with Crippen LogP contribution >= 0.6 is 0 Å². The molecule has 0 N–H and O–H groups in total. The van der Waals surface area contributed by atoms with Crippen LogP contribution in [0.1, 0.15) is 34.8 Å². The van der Waals surface area contributed by atoms with Gasteiger partial charge in [0.15, 0.2) is 5.58 Å². The van der Waals surface area contributed by atoms with E-state index >= 15 is 0 Å². The molecule has 3 aromatic rings. The van der Waals surface area contributed by atoms with E-state index in [1.54, 1.807) is 18.2 Å². The van der Waals surface area contributed by atoms with Crippen molar-refractivity contribution in [3.63, 3.8) is 0 Å². The lowest BCUT2D eigenvalue weighted by Gasteiger charge is -2.15. The van der Waals surface area contributed by atoms with Gasteiger partial charge in [0.1, 0.15) is 17.1 Å². The summed E-state index contributed by atoms with van der Waals surface area (Å²) in [6.45, 7) is 2.01. The molecule has 6 heteroatoms. The highest BCUT2D eigenvalue weighted by atomic mass is 16.5. The molecule has 1 aromatic carbocycles. The van der Waals surface area contributed by atoms with Crippen molar-refractivity contribution in [2.24, 2.45) is 0 Å². The number of carbonyl (C=O) groups excluding carboxylic acids is 1. The summed E-state index contributed by atoms with van der Waals surface area (Å²) in [7, 11) is 2.98. The number of carbonyl (C=O) groups is 1. The van der Waals surface area contributed by atoms with E-state index in [9.17, 15) is 9.59 Å². The fourth-order valence-corrected chi connectivity index (χ4v) is 3.01. The molecule has 0 atom stereocenters. The van der Waals surface area contributed by atoms with Crippen LogP contribution < -0.4 is 15.1 Å². The van der Waals surface area contributed by atoms with E-state index in [2.05, 4.69) is 4.98 Å². The largest absolute Gasteiger partial charge is 0.496 e. The van der Waals surface area contributed by atoms with Crippen molar-refractivity contribution in [2.45, 2.75) is 19.8 Å². The summed E-state index contributed by atoms with van der Waals surface area (Å²) in [5, 5.41) is 0.618. The smallest absolute Gasteiger partial charge is 0.336 e. The Morgan fingerprint density at radius 1 is 1.12 bits per heavy atom. The molecule has 0 unspecified atom stereocenters. The highest BCUT2D eigenvalue weighted by Gasteiger charge is 2.25. The number of fused-ring (bicyclic) bond motifs is 1. The number of methoxy groups -OCH3 is 2. The van der Waals surface area contributed by atoms with Crippen LogP contribution in [0.4, 0.5) is 0 Å². The Kier molecular flexibility index (Phi) is 5.02. The van der Waals surface area contributed by atoms with E-state index in [-0.39, 0.29) is 22.7 Å². The fraction of sp³-hybridized carbons (Fsp3) is 0.250. The minimum atomic E-state index is -0.514. The van der Waals surface area contributed by atoms with Crippen LogP contribution in [-0.4, -0.2) is 25.0 Å². The molecule has 2 heterocycles. The maximum absolute atomic E-state index is 13.1. The highest BCUT2D eigenvalue weighted by Crippen LogP contribution is 2.38. The maximum atomic E-state index is 13.1. The number of hydrogen-bond acceptors (Lipinski definition) is 6. The number of pyridine rings is 1. The predicted octanol–water partition coefficient (Wildman–Crippen LogP) is 3.39. The molecule has 0 bridgehead atoms. The molecular formula is C20H19NO5. The first-order chi connectivity index (χ1) is 12.6. The summed E-state index contributed by atoms with van der Waals surface area (Å²) in [5.74, 6) is 0.469. The van der Waals surface area contributed by atoms with Crippen molar-refractivity contribution < 1.29 is 18.7 Å². The summed E-state index contributed by atoms with van der Waals surface area (Å²) in [6, 6.07) is 6.30. The summed E-state index contributed by atoms with van der Waals surface area (Å²) in [5.41, 5.74) is 1.07. The minimum absolute atomic E-state index is 0.180. The van der Waals surface area contributed by atoms with Crippen molar-refractivity contribution in [1.29, 1.82) is 0 Å². The maximum Gasteiger partial charge on any atom is 0.336 e. The Hall–Kier alpha value is -3.15. The van der Waals surface area contributed by atoms with Gasteiger partial charge in [-0.05, 0) is 24.1 Å². The van der Waals surface area contributed by atoms with Crippen LogP contribution in [0.2, 0.25) is 0 Å². The molecular weight excluding hydrogens is 334 g/mol. The van der Waals surface area contributed by atoms with Crippen molar-refractivity contribution >= 4 is 16.8 Å². The molecule has 3 rings (SSSR count). The zero-order valence-corrected chi connectivity index (χ0v) is 14.9. The van der Waals surface area contributed by atoms with Gasteiger partial charge >= 0.3 is 5.63 Å². The third kappa shape index (κ3) is 3.06. The van der Waals surface area contributed by atoms with E-state index in [4.69, 9.17) is 13.9 Å².